The minimum Gasteiger partial charge on any atom is -0.329 e. The summed E-state index contributed by atoms with van der Waals surface area (Å²) in [5.41, 5.74) is 0.324. The molecule has 0 unspecified atom stereocenters. The van der Waals surface area contributed by atoms with Crippen molar-refractivity contribution in [3.05, 3.63) is 30.4 Å². The van der Waals surface area contributed by atoms with E-state index in [9.17, 15) is 21.6 Å². The molecule has 0 saturated heterocycles. The van der Waals surface area contributed by atoms with Crippen molar-refractivity contribution in [2.75, 3.05) is 5.75 Å². The lowest BCUT2D eigenvalue weighted by atomic mass is 10.2. The van der Waals surface area contributed by atoms with E-state index in [1.807, 2.05) is 0 Å². The molecule has 0 aliphatic carbocycles. The summed E-state index contributed by atoms with van der Waals surface area (Å²) >= 11 is 0. The van der Waals surface area contributed by atoms with Gasteiger partial charge in [-0.1, -0.05) is 5.16 Å². The molecule has 0 bridgehead atoms. The van der Waals surface area contributed by atoms with Gasteiger partial charge in [-0.05, 0) is 0 Å². The molecule has 2 rings (SSSR count). The van der Waals surface area contributed by atoms with Gasteiger partial charge in [0, 0.05) is 24.1 Å². The molecule has 2 aromatic rings. The van der Waals surface area contributed by atoms with Crippen molar-refractivity contribution >= 4 is 10.1 Å². The predicted molar refractivity (Wildman–Crippen MR) is 66.0 cm³/mol. The predicted octanol–water partition coefficient (Wildman–Crippen LogP) is 1.32. The molecule has 7 nitrogen and oxygen atoms in total. The molecule has 0 amide bonds. The summed E-state index contributed by atoms with van der Waals surface area (Å²) < 4.78 is 72.5. The van der Waals surface area contributed by atoms with Gasteiger partial charge in [0.2, 0.25) is 5.82 Å². The number of hydrogen-bond donors (Lipinski definition) is 1. The van der Waals surface area contributed by atoms with Gasteiger partial charge in [-0.3, -0.25) is 4.55 Å². The van der Waals surface area contributed by atoms with Crippen LogP contribution in [0.15, 0.2) is 29.0 Å². The van der Waals surface area contributed by atoms with E-state index in [4.69, 9.17) is 4.55 Å². The highest BCUT2D eigenvalue weighted by atomic mass is 32.2. The molecule has 2 aromatic heterocycles. The highest BCUT2D eigenvalue weighted by Gasteiger charge is 2.38. The largest absolute Gasteiger partial charge is 0.471 e. The van der Waals surface area contributed by atoms with Gasteiger partial charge in [-0.25, -0.2) is 4.57 Å². The average molecular weight is 338 g/mol. The Morgan fingerprint density at radius 2 is 1.91 bits per heavy atom. The maximum atomic E-state index is 12.3. The first-order valence-electron chi connectivity index (χ1n) is 6.01. The monoisotopic (exact) mass is 338 g/mol. The fourth-order valence-electron chi connectivity index (χ4n) is 1.64. The van der Waals surface area contributed by atoms with Crippen LogP contribution in [0.2, 0.25) is 0 Å². The minimum absolute atomic E-state index is 0.197. The van der Waals surface area contributed by atoms with E-state index in [0.717, 1.165) is 0 Å². The molecule has 2 heterocycles. The molecular weight excluding hydrogens is 327 g/mol. The standard InChI is InChI=1S/C11H10F3N3O4S/c12-11(13,14)10-15-9(16-21-10)8-2-5-17(6-3-8)4-1-7-22(18,19)20/h2-3,5-6H,1,4,7H2/p+1. The molecule has 0 atom stereocenters. The van der Waals surface area contributed by atoms with Gasteiger partial charge < -0.3 is 4.52 Å². The van der Waals surface area contributed by atoms with Crippen molar-refractivity contribution in [2.24, 2.45) is 0 Å². The van der Waals surface area contributed by atoms with Crippen LogP contribution < -0.4 is 4.57 Å². The number of halogens is 3. The zero-order valence-electron chi connectivity index (χ0n) is 11.0. The Kier molecular flexibility index (Phi) is 4.47. The van der Waals surface area contributed by atoms with Crippen LogP contribution in [0.4, 0.5) is 13.2 Å². The van der Waals surface area contributed by atoms with Crippen molar-refractivity contribution in [1.29, 1.82) is 0 Å². The summed E-state index contributed by atoms with van der Waals surface area (Å²) in [5.74, 6) is -1.99. The molecule has 22 heavy (non-hydrogen) atoms. The van der Waals surface area contributed by atoms with Gasteiger partial charge in [0.25, 0.3) is 10.1 Å². The molecule has 0 radical (unpaired) electrons. The summed E-state index contributed by atoms with van der Waals surface area (Å²) in [6.07, 6.45) is -1.44. The normalized spacial score (nSPS) is 12.5. The summed E-state index contributed by atoms with van der Waals surface area (Å²) in [6, 6.07) is 2.94. The second kappa shape index (κ2) is 6.01. The molecule has 120 valence electrons. The summed E-state index contributed by atoms with van der Waals surface area (Å²) in [4.78, 5) is 3.25. The Hall–Kier alpha value is -2.01. The quantitative estimate of drug-likeness (QED) is 0.652. The zero-order valence-corrected chi connectivity index (χ0v) is 11.8. The molecule has 0 aliphatic rings. The van der Waals surface area contributed by atoms with Gasteiger partial charge in [0.05, 0.1) is 5.75 Å². The Morgan fingerprint density at radius 3 is 2.41 bits per heavy atom. The Bertz CT molecular complexity index is 741. The molecular formula is C11H11F3N3O4S+. The number of hydrogen-bond acceptors (Lipinski definition) is 5. The lowest BCUT2D eigenvalue weighted by Gasteiger charge is -1.98. The van der Waals surface area contributed by atoms with Gasteiger partial charge in [-0.2, -0.15) is 26.6 Å². The second-order valence-corrected chi connectivity index (χ2v) is 5.96. The number of alkyl halides is 3. The van der Waals surface area contributed by atoms with E-state index in [1.54, 1.807) is 4.57 Å². The van der Waals surface area contributed by atoms with Crippen molar-refractivity contribution in [3.63, 3.8) is 0 Å². The third kappa shape index (κ3) is 4.49. The van der Waals surface area contributed by atoms with Crippen LogP contribution in [0.5, 0.6) is 0 Å². The third-order valence-corrected chi connectivity index (χ3v) is 3.44. The molecule has 1 N–H and O–H groups in total. The first kappa shape index (κ1) is 16.4. The molecule has 11 heteroatoms. The van der Waals surface area contributed by atoms with E-state index in [2.05, 4.69) is 14.7 Å². The summed E-state index contributed by atoms with van der Waals surface area (Å²) in [6.45, 7) is 0.320. The van der Waals surface area contributed by atoms with Gasteiger partial charge in [0.1, 0.15) is 6.54 Å². The molecule has 0 saturated carbocycles. The maximum Gasteiger partial charge on any atom is 0.471 e. The summed E-state index contributed by atoms with van der Waals surface area (Å²) in [7, 11) is -4.01. The first-order chi connectivity index (χ1) is 10.1. The second-order valence-electron chi connectivity index (χ2n) is 4.39. The number of aromatic nitrogens is 3. The molecule has 0 aromatic carbocycles. The average Bonchev–Trinajstić information content (AvgIpc) is 2.87. The minimum atomic E-state index is -4.70. The number of nitrogens with zero attached hydrogens (tertiary/aromatic N) is 3. The van der Waals surface area contributed by atoms with Crippen LogP contribution in [-0.4, -0.2) is 28.9 Å². The van der Waals surface area contributed by atoms with Crippen molar-refractivity contribution < 1.29 is 35.2 Å². The SMILES string of the molecule is O=S(=O)(O)CCC[n+]1ccc(-c2noc(C(F)(F)F)n2)cc1. The van der Waals surface area contributed by atoms with Crippen molar-refractivity contribution in [2.45, 2.75) is 19.1 Å². The molecule has 0 fully saturated rings. The lowest BCUT2D eigenvalue weighted by molar-refractivity contribution is -0.696. The van der Waals surface area contributed by atoms with E-state index in [-0.39, 0.29) is 18.0 Å². The van der Waals surface area contributed by atoms with Crippen molar-refractivity contribution in [1.82, 2.24) is 10.1 Å². The first-order valence-corrected chi connectivity index (χ1v) is 7.61. The fourth-order valence-corrected chi connectivity index (χ4v) is 2.13. The topological polar surface area (TPSA) is 97.2 Å². The fraction of sp³-hybridized carbons (Fsp3) is 0.364. The maximum absolute atomic E-state index is 12.3. The van der Waals surface area contributed by atoms with Gasteiger partial charge >= 0.3 is 12.1 Å². The lowest BCUT2D eigenvalue weighted by Crippen LogP contribution is -2.33. The highest BCUT2D eigenvalue weighted by molar-refractivity contribution is 7.85. The van der Waals surface area contributed by atoms with Crippen LogP contribution >= 0.6 is 0 Å². The number of aryl methyl sites for hydroxylation is 1. The van der Waals surface area contributed by atoms with Crippen LogP contribution in [0.25, 0.3) is 11.4 Å². The third-order valence-electron chi connectivity index (χ3n) is 2.64. The number of rotatable bonds is 5. The highest BCUT2D eigenvalue weighted by Crippen LogP contribution is 2.29. The van der Waals surface area contributed by atoms with E-state index < -0.39 is 22.2 Å². The van der Waals surface area contributed by atoms with Crippen LogP contribution in [0.1, 0.15) is 12.3 Å². The van der Waals surface area contributed by atoms with E-state index in [0.29, 0.717) is 12.1 Å². The van der Waals surface area contributed by atoms with E-state index in [1.165, 1.54) is 24.5 Å². The molecule has 0 aliphatic heterocycles. The van der Waals surface area contributed by atoms with Crippen LogP contribution in [0.3, 0.4) is 0 Å². The van der Waals surface area contributed by atoms with Crippen LogP contribution in [-0.2, 0) is 22.8 Å². The smallest absolute Gasteiger partial charge is 0.329 e. The summed E-state index contributed by atoms with van der Waals surface area (Å²) in [5, 5.41) is 3.25. The van der Waals surface area contributed by atoms with Gasteiger partial charge in [0.15, 0.2) is 12.4 Å². The van der Waals surface area contributed by atoms with Crippen molar-refractivity contribution in [3.8, 4) is 11.4 Å². The number of pyridine rings is 1. The van der Waals surface area contributed by atoms with Gasteiger partial charge in [-0.15, -0.1) is 0 Å². The Balaban J connectivity index is 2.04. The Labute approximate surface area is 123 Å². The van der Waals surface area contributed by atoms with Crippen LogP contribution in [0, 0.1) is 0 Å². The zero-order chi connectivity index (χ0) is 16.4. The van der Waals surface area contributed by atoms with E-state index >= 15 is 0 Å². The molecule has 0 spiro atoms. The Morgan fingerprint density at radius 1 is 1.27 bits per heavy atom.